The van der Waals surface area contributed by atoms with Crippen molar-refractivity contribution in [1.82, 2.24) is 4.90 Å². The van der Waals surface area contributed by atoms with E-state index in [4.69, 9.17) is 5.11 Å². The number of hydrogen-bond donors (Lipinski definition) is 1. The van der Waals surface area contributed by atoms with E-state index >= 15 is 0 Å². The van der Waals surface area contributed by atoms with Crippen LogP contribution in [0.1, 0.15) is 32.6 Å². The Morgan fingerprint density at radius 3 is 2.56 bits per heavy atom. The second-order valence-electron chi connectivity index (χ2n) is 5.01. The van der Waals surface area contributed by atoms with Gasteiger partial charge in [-0.2, -0.15) is 11.8 Å². The fraction of sp³-hybridized carbons (Fsp3) is 0.917. The van der Waals surface area contributed by atoms with Gasteiger partial charge in [-0.25, -0.2) is 0 Å². The van der Waals surface area contributed by atoms with Crippen molar-refractivity contribution in [3.05, 3.63) is 0 Å². The quantitative estimate of drug-likeness (QED) is 0.824. The van der Waals surface area contributed by atoms with E-state index in [2.05, 4.69) is 23.6 Å². The maximum atomic E-state index is 10.6. The maximum absolute atomic E-state index is 10.6. The standard InChI is InChI=1S/C12H21NO2S/c1-9-11(4-7-16-9)13-5-2-10(3-6-13)8-12(14)15/h9-11H,2-8H2,1H3,(H,14,15). The monoisotopic (exact) mass is 243 g/mol. The smallest absolute Gasteiger partial charge is 0.303 e. The minimum absolute atomic E-state index is 0.364. The minimum atomic E-state index is -0.636. The van der Waals surface area contributed by atoms with Gasteiger partial charge in [0.2, 0.25) is 0 Å². The lowest BCUT2D eigenvalue weighted by molar-refractivity contribution is -0.138. The number of piperidine rings is 1. The van der Waals surface area contributed by atoms with Crippen LogP contribution < -0.4 is 0 Å². The topological polar surface area (TPSA) is 40.5 Å². The molecule has 0 aromatic carbocycles. The fourth-order valence-electron chi connectivity index (χ4n) is 2.94. The number of nitrogens with zero attached hydrogens (tertiary/aromatic N) is 1. The first-order chi connectivity index (χ1) is 7.66. The van der Waals surface area contributed by atoms with Gasteiger partial charge in [-0.3, -0.25) is 9.69 Å². The Labute approximate surface area is 102 Å². The van der Waals surface area contributed by atoms with Crippen LogP contribution in [0.4, 0.5) is 0 Å². The normalized spacial score (nSPS) is 33.1. The van der Waals surface area contributed by atoms with Crippen molar-refractivity contribution in [2.24, 2.45) is 5.92 Å². The van der Waals surface area contributed by atoms with Crippen LogP contribution in [0.2, 0.25) is 0 Å². The van der Waals surface area contributed by atoms with Crippen molar-refractivity contribution in [3.8, 4) is 0 Å². The lowest BCUT2D eigenvalue weighted by atomic mass is 9.92. The molecule has 16 heavy (non-hydrogen) atoms. The van der Waals surface area contributed by atoms with E-state index in [0.717, 1.165) is 37.2 Å². The van der Waals surface area contributed by atoms with Crippen LogP contribution in [0.5, 0.6) is 0 Å². The predicted molar refractivity (Wildman–Crippen MR) is 66.9 cm³/mol. The molecular formula is C12H21NO2S. The number of carbonyl (C=O) groups is 1. The number of hydrogen-bond acceptors (Lipinski definition) is 3. The second-order valence-corrected chi connectivity index (χ2v) is 6.49. The first-order valence-electron chi connectivity index (χ1n) is 6.24. The molecule has 2 aliphatic heterocycles. The number of carboxylic acid groups (broad SMARTS) is 1. The molecule has 2 aliphatic rings. The molecule has 0 aliphatic carbocycles. The summed E-state index contributed by atoms with van der Waals surface area (Å²) >= 11 is 2.07. The zero-order chi connectivity index (χ0) is 11.5. The van der Waals surface area contributed by atoms with Crippen molar-refractivity contribution in [1.29, 1.82) is 0 Å². The Morgan fingerprint density at radius 1 is 1.38 bits per heavy atom. The molecule has 0 bridgehead atoms. The Balaban J connectivity index is 1.78. The van der Waals surface area contributed by atoms with E-state index < -0.39 is 5.97 Å². The lowest BCUT2D eigenvalue weighted by Crippen LogP contribution is -2.44. The van der Waals surface area contributed by atoms with Crippen molar-refractivity contribution < 1.29 is 9.90 Å². The first kappa shape index (κ1) is 12.2. The van der Waals surface area contributed by atoms with E-state index in [0.29, 0.717) is 12.3 Å². The molecule has 2 rings (SSSR count). The Kier molecular flexibility index (Phi) is 4.14. The number of likely N-dealkylation sites (tertiary alicyclic amines) is 1. The van der Waals surface area contributed by atoms with Crippen molar-refractivity contribution in [2.75, 3.05) is 18.8 Å². The molecule has 2 fully saturated rings. The molecule has 0 saturated carbocycles. The summed E-state index contributed by atoms with van der Waals surface area (Å²) in [6.07, 6.45) is 3.82. The molecule has 92 valence electrons. The zero-order valence-electron chi connectivity index (χ0n) is 9.89. The van der Waals surface area contributed by atoms with Crippen LogP contribution in [0.15, 0.2) is 0 Å². The molecule has 1 N–H and O–H groups in total. The summed E-state index contributed by atoms with van der Waals surface area (Å²) < 4.78 is 0. The van der Waals surface area contributed by atoms with Gasteiger partial charge >= 0.3 is 5.97 Å². The van der Waals surface area contributed by atoms with E-state index in [1.807, 2.05) is 0 Å². The molecule has 2 saturated heterocycles. The van der Waals surface area contributed by atoms with Crippen LogP contribution in [-0.4, -0.2) is 46.1 Å². The number of aliphatic carboxylic acids is 1. The highest BCUT2D eigenvalue weighted by molar-refractivity contribution is 8.00. The van der Waals surface area contributed by atoms with Crippen LogP contribution in [0.3, 0.4) is 0 Å². The third-order valence-electron chi connectivity index (χ3n) is 3.92. The fourth-order valence-corrected chi connectivity index (χ4v) is 4.22. The molecule has 3 nitrogen and oxygen atoms in total. The average Bonchev–Trinajstić information content (AvgIpc) is 2.65. The van der Waals surface area contributed by atoms with Gasteiger partial charge in [0, 0.05) is 17.7 Å². The third kappa shape index (κ3) is 2.92. The third-order valence-corrected chi connectivity index (χ3v) is 5.23. The second kappa shape index (κ2) is 5.41. The maximum Gasteiger partial charge on any atom is 0.303 e. The lowest BCUT2D eigenvalue weighted by Gasteiger charge is -2.37. The SMILES string of the molecule is CC1SCCC1N1CCC(CC(=O)O)CC1. The van der Waals surface area contributed by atoms with E-state index in [1.165, 1.54) is 12.2 Å². The summed E-state index contributed by atoms with van der Waals surface area (Å²) in [6, 6.07) is 0.746. The average molecular weight is 243 g/mol. The van der Waals surface area contributed by atoms with Gasteiger partial charge in [-0.15, -0.1) is 0 Å². The van der Waals surface area contributed by atoms with E-state index in [1.54, 1.807) is 0 Å². The van der Waals surface area contributed by atoms with Gasteiger partial charge in [-0.05, 0) is 44.0 Å². The summed E-state index contributed by atoms with van der Waals surface area (Å²) in [5.74, 6) is 1.07. The molecule has 0 spiro atoms. The molecule has 2 atom stereocenters. The highest BCUT2D eigenvalue weighted by Gasteiger charge is 2.32. The molecular weight excluding hydrogens is 222 g/mol. The van der Waals surface area contributed by atoms with Crippen LogP contribution in [-0.2, 0) is 4.79 Å². The Bertz CT molecular complexity index is 251. The molecule has 0 aromatic rings. The molecule has 0 aromatic heterocycles. The predicted octanol–water partition coefficient (Wildman–Crippen LogP) is 2.07. The summed E-state index contributed by atoms with van der Waals surface area (Å²) in [4.78, 5) is 13.2. The molecule has 0 amide bonds. The summed E-state index contributed by atoms with van der Waals surface area (Å²) in [7, 11) is 0. The summed E-state index contributed by atoms with van der Waals surface area (Å²) in [6.45, 7) is 4.53. The van der Waals surface area contributed by atoms with Crippen LogP contribution in [0.25, 0.3) is 0 Å². The molecule has 0 radical (unpaired) electrons. The van der Waals surface area contributed by atoms with Crippen LogP contribution in [0, 0.1) is 5.92 Å². The summed E-state index contributed by atoms with van der Waals surface area (Å²) in [5.41, 5.74) is 0. The number of thioether (sulfide) groups is 1. The number of carboxylic acids is 1. The van der Waals surface area contributed by atoms with Gasteiger partial charge in [0.25, 0.3) is 0 Å². The number of rotatable bonds is 3. The van der Waals surface area contributed by atoms with Crippen molar-refractivity contribution in [2.45, 2.75) is 43.9 Å². The van der Waals surface area contributed by atoms with Gasteiger partial charge in [0.05, 0.1) is 0 Å². The minimum Gasteiger partial charge on any atom is -0.481 e. The van der Waals surface area contributed by atoms with E-state index in [9.17, 15) is 4.79 Å². The molecule has 2 heterocycles. The molecule has 4 heteroatoms. The Morgan fingerprint density at radius 2 is 2.06 bits per heavy atom. The Hall–Kier alpha value is -0.220. The van der Waals surface area contributed by atoms with Gasteiger partial charge < -0.3 is 5.11 Å². The highest BCUT2D eigenvalue weighted by Crippen LogP contribution is 2.33. The van der Waals surface area contributed by atoms with Crippen LogP contribution >= 0.6 is 11.8 Å². The first-order valence-corrected chi connectivity index (χ1v) is 7.29. The zero-order valence-corrected chi connectivity index (χ0v) is 10.7. The summed E-state index contributed by atoms with van der Waals surface area (Å²) in [5, 5.41) is 9.53. The largest absolute Gasteiger partial charge is 0.481 e. The van der Waals surface area contributed by atoms with Gasteiger partial charge in [0.1, 0.15) is 0 Å². The molecule has 2 unspecified atom stereocenters. The van der Waals surface area contributed by atoms with Crippen molar-refractivity contribution >= 4 is 17.7 Å². The highest BCUT2D eigenvalue weighted by atomic mass is 32.2. The van der Waals surface area contributed by atoms with E-state index in [-0.39, 0.29) is 0 Å². The van der Waals surface area contributed by atoms with Gasteiger partial charge in [0.15, 0.2) is 0 Å². The van der Waals surface area contributed by atoms with Gasteiger partial charge in [-0.1, -0.05) is 6.92 Å². The van der Waals surface area contributed by atoms with Crippen molar-refractivity contribution in [3.63, 3.8) is 0 Å².